The Kier molecular flexibility index (Phi) is 3.87. The number of carbonyl (C=O) groups is 1. The second kappa shape index (κ2) is 5.97. The van der Waals surface area contributed by atoms with Gasteiger partial charge in [-0.2, -0.15) is 5.10 Å². The van der Waals surface area contributed by atoms with Gasteiger partial charge in [-0.05, 0) is 17.7 Å². The van der Waals surface area contributed by atoms with Crippen molar-refractivity contribution in [3.8, 4) is 0 Å². The number of benzene rings is 1. The number of carbonyl (C=O) groups excluding carboxylic acids is 1. The fourth-order valence-corrected chi connectivity index (χ4v) is 2.55. The van der Waals surface area contributed by atoms with E-state index in [-0.39, 0.29) is 12.1 Å². The van der Waals surface area contributed by atoms with E-state index >= 15 is 0 Å². The number of hydrazone groups is 1. The Labute approximate surface area is 129 Å². The summed E-state index contributed by atoms with van der Waals surface area (Å²) in [5, 5.41) is 6.14. The molecule has 2 aromatic rings. The Hall–Kier alpha value is -2.69. The molecule has 0 aliphatic carbocycles. The number of urea groups is 1. The molecule has 2 heterocycles. The third kappa shape index (κ3) is 2.70. The van der Waals surface area contributed by atoms with Gasteiger partial charge in [0.05, 0.1) is 11.8 Å². The number of hydrogen-bond acceptors (Lipinski definition) is 3. The molecule has 1 aromatic heterocycles. The summed E-state index contributed by atoms with van der Waals surface area (Å²) in [6.45, 7) is 0. The Morgan fingerprint density at radius 3 is 2.45 bits per heavy atom. The Bertz CT molecular complexity index is 682. The molecule has 5 heteroatoms. The van der Waals surface area contributed by atoms with Gasteiger partial charge in [-0.15, -0.1) is 0 Å². The Balaban J connectivity index is 1.96. The maximum absolute atomic E-state index is 12.4. The van der Waals surface area contributed by atoms with Crippen molar-refractivity contribution in [3.05, 3.63) is 66.0 Å². The van der Waals surface area contributed by atoms with Crippen LogP contribution in [0.25, 0.3) is 0 Å². The van der Waals surface area contributed by atoms with Crippen molar-refractivity contribution in [1.82, 2.24) is 14.9 Å². The maximum Gasteiger partial charge on any atom is 0.340 e. The van der Waals surface area contributed by atoms with E-state index in [4.69, 9.17) is 0 Å². The number of hydrogen-bond donors (Lipinski definition) is 0. The van der Waals surface area contributed by atoms with Gasteiger partial charge in [0, 0.05) is 38.5 Å². The van der Waals surface area contributed by atoms with E-state index in [0.717, 1.165) is 16.8 Å². The van der Waals surface area contributed by atoms with E-state index in [1.807, 2.05) is 42.5 Å². The summed E-state index contributed by atoms with van der Waals surface area (Å²) < 4.78 is 0. The minimum absolute atomic E-state index is 0.0701. The van der Waals surface area contributed by atoms with Gasteiger partial charge in [0.2, 0.25) is 0 Å². The third-order valence-electron chi connectivity index (χ3n) is 3.69. The monoisotopic (exact) mass is 294 g/mol. The van der Waals surface area contributed by atoms with Crippen LogP contribution in [0.3, 0.4) is 0 Å². The molecule has 0 saturated heterocycles. The average molecular weight is 294 g/mol. The summed E-state index contributed by atoms with van der Waals surface area (Å²) in [5.74, 6) is 0. The van der Waals surface area contributed by atoms with Crippen molar-refractivity contribution < 1.29 is 4.79 Å². The summed E-state index contributed by atoms with van der Waals surface area (Å²) in [4.78, 5) is 18.0. The quantitative estimate of drug-likeness (QED) is 0.855. The van der Waals surface area contributed by atoms with Crippen LogP contribution in [0.2, 0.25) is 0 Å². The normalized spacial score (nSPS) is 17.3. The molecule has 1 aromatic carbocycles. The van der Waals surface area contributed by atoms with Crippen molar-refractivity contribution in [2.45, 2.75) is 12.5 Å². The van der Waals surface area contributed by atoms with Crippen LogP contribution < -0.4 is 0 Å². The first kappa shape index (κ1) is 14.3. The molecule has 5 nitrogen and oxygen atoms in total. The first-order chi connectivity index (χ1) is 10.7. The van der Waals surface area contributed by atoms with Crippen LogP contribution in [0.5, 0.6) is 0 Å². The summed E-state index contributed by atoms with van der Waals surface area (Å²) in [7, 11) is 3.48. The van der Waals surface area contributed by atoms with Gasteiger partial charge in [0.25, 0.3) is 0 Å². The molecule has 0 spiro atoms. The van der Waals surface area contributed by atoms with Gasteiger partial charge in [-0.3, -0.25) is 4.98 Å². The van der Waals surface area contributed by atoms with Crippen molar-refractivity contribution in [2.24, 2.45) is 5.10 Å². The number of pyridine rings is 1. The zero-order chi connectivity index (χ0) is 15.5. The van der Waals surface area contributed by atoms with E-state index in [1.165, 1.54) is 0 Å². The van der Waals surface area contributed by atoms with Crippen LogP contribution in [-0.4, -0.2) is 40.7 Å². The van der Waals surface area contributed by atoms with E-state index in [0.29, 0.717) is 6.42 Å². The third-order valence-corrected chi connectivity index (χ3v) is 3.69. The molecular weight excluding hydrogens is 276 g/mol. The van der Waals surface area contributed by atoms with Gasteiger partial charge in [-0.1, -0.05) is 30.3 Å². The second-order valence-corrected chi connectivity index (χ2v) is 5.43. The lowest BCUT2D eigenvalue weighted by atomic mass is 9.99. The van der Waals surface area contributed by atoms with Gasteiger partial charge in [0.1, 0.15) is 0 Å². The van der Waals surface area contributed by atoms with Crippen LogP contribution in [0.15, 0.2) is 60.0 Å². The van der Waals surface area contributed by atoms with Crippen LogP contribution in [0, 0.1) is 0 Å². The number of rotatable bonds is 2. The first-order valence-corrected chi connectivity index (χ1v) is 7.20. The van der Waals surface area contributed by atoms with E-state index in [1.54, 1.807) is 36.4 Å². The minimum atomic E-state index is -0.113. The van der Waals surface area contributed by atoms with Gasteiger partial charge in [0.15, 0.2) is 0 Å². The van der Waals surface area contributed by atoms with Crippen LogP contribution in [0.1, 0.15) is 23.6 Å². The molecular formula is C17H18N4O. The highest BCUT2D eigenvalue weighted by Crippen LogP contribution is 2.32. The summed E-state index contributed by atoms with van der Waals surface area (Å²) >= 11 is 0. The summed E-state index contributed by atoms with van der Waals surface area (Å²) in [6.07, 6.45) is 4.19. The van der Waals surface area contributed by atoms with Gasteiger partial charge >= 0.3 is 6.03 Å². The molecule has 112 valence electrons. The van der Waals surface area contributed by atoms with Gasteiger partial charge < -0.3 is 4.90 Å². The predicted molar refractivity (Wildman–Crippen MR) is 85.5 cm³/mol. The molecule has 2 amide bonds. The molecule has 0 bridgehead atoms. The maximum atomic E-state index is 12.4. The largest absolute Gasteiger partial charge is 0.340 e. The van der Waals surface area contributed by atoms with Crippen LogP contribution in [0.4, 0.5) is 4.79 Å². The summed E-state index contributed by atoms with van der Waals surface area (Å²) in [5.41, 5.74) is 3.00. The second-order valence-electron chi connectivity index (χ2n) is 5.43. The van der Waals surface area contributed by atoms with Gasteiger partial charge in [-0.25, -0.2) is 9.80 Å². The van der Waals surface area contributed by atoms with Crippen molar-refractivity contribution in [2.75, 3.05) is 14.1 Å². The standard InChI is InChI=1S/C17H18N4O/c1-20(2)17(22)21-16(14-6-4-3-5-7-14)12-15(19-21)13-8-10-18-11-9-13/h3-11,16H,12H2,1-2H3. The minimum Gasteiger partial charge on any atom is -0.329 e. The Morgan fingerprint density at radius 1 is 1.14 bits per heavy atom. The molecule has 1 aliphatic rings. The van der Waals surface area contributed by atoms with Crippen molar-refractivity contribution in [3.63, 3.8) is 0 Å². The lowest BCUT2D eigenvalue weighted by Gasteiger charge is -2.25. The highest BCUT2D eigenvalue weighted by molar-refractivity contribution is 6.03. The lowest BCUT2D eigenvalue weighted by molar-refractivity contribution is 0.159. The highest BCUT2D eigenvalue weighted by Gasteiger charge is 2.33. The zero-order valence-electron chi connectivity index (χ0n) is 12.7. The SMILES string of the molecule is CN(C)C(=O)N1N=C(c2ccncc2)CC1c1ccccc1. The first-order valence-electron chi connectivity index (χ1n) is 7.20. The molecule has 0 fully saturated rings. The van der Waals surface area contributed by atoms with Crippen LogP contribution in [-0.2, 0) is 0 Å². The number of aromatic nitrogens is 1. The van der Waals surface area contributed by atoms with Crippen molar-refractivity contribution in [1.29, 1.82) is 0 Å². The lowest BCUT2D eigenvalue weighted by Crippen LogP contribution is -2.36. The molecule has 0 N–H and O–H groups in total. The smallest absolute Gasteiger partial charge is 0.329 e. The topological polar surface area (TPSA) is 48.8 Å². The molecule has 22 heavy (non-hydrogen) atoms. The number of nitrogens with zero attached hydrogens (tertiary/aromatic N) is 4. The highest BCUT2D eigenvalue weighted by atomic mass is 16.2. The van der Waals surface area contributed by atoms with Crippen LogP contribution >= 0.6 is 0 Å². The van der Waals surface area contributed by atoms with Crippen molar-refractivity contribution >= 4 is 11.7 Å². The zero-order valence-corrected chi connectivity index (χ0v) is 12.7. The molecule has 0 radical (unpaired) electrons. The molecule has 1 atom stereocenters. The van der Waals surface area contributed by atoms with E-state index < -0.39 is 0 Å². The average Bonchev–Trinajstić information content (AvgIpc) is 3.01. The molecule has 3 rings (SSSR count). The Morgan fingerprint density at radius 2 is 1.82 bits per heavy atom. The summed E-state index contributed by atoms with van der Waals surface area (Å²) in [6, 6.07) is 13.7. The fraction of sp³-hybridized carbons (Fsp3) is 0.235. The number of amides is 2. The predicted octanol–water partition coefficient (Wildman–Crippen LogP) is 2.91. The molecule has 0 saturated carbocycles. The molecule has 1 aliphatic heterocycles. The molecule has 1 unspecified atom stereocenters. The van der Waals surface area contributed by atoms with E-state index in [2.05, 4.69) is 10.1 Å². The van der Waals surface area contributed by atoms with E-state index in [9.17, 15) is 4.79 Å². The fourth-order valence-electron chi connectivity index (χ4n) is 2.55.